The molecule has 0 bridgehead atoms. The molecule has 0 aliphatic heterocycles. The number of nitrogens with one attached hydrogen (secondary N) is 1. The zero-order valence-corrected chi connectivity index (χ0v) is 7.74. The third-order valence-corrected chi connectivity index (χ3v) is 2.50. The third kappa shape index (κ3) is 0.973. The normalized spacial score (nSPS) is 10.6. The van der Waals surface area contributed by atoms with E-state index < -0.39 is 0 Å². The summed E-state index contributed by atoms with van der Waals surface area (Å²) < 4.78 is 1.14. The van der Waals surface area contributed by atoms with Crippen molar-refractivity contribution in [1.29, 1.82) is 0 Å². The Bertz CT molecular complexity index is 393. The lowest BCUT2D eigenvalue weighted by atomic mass is 10.3. The molecule has 3 nitrogen and oxygen atoms in total. The van der Waals surface area contributed by atoms with Gasteiger partial charge in [0.1, 0.15) is 0 Å². The highest BCUT2D eigenvalue weighted by atomic mass is 127. The molecule has 0 aliphatic rings. The predicted molar refractivity (Wildman–Crippen MR) is 49.9 cm³/mol. The van der Waals surface area contributed by atoms with Crippen LogP contribution in [0.1, 0.15) is 0 Å². The van der Waals surface area contributed by atoms with E-state index in [0.717, 1.165) is 19.3 Å². The average Bonchev–Trinajstić information content (AvgIpc) is 2.35. The first-order valence-corrected chi connectivity index (χ1v) is 4.21. The molecule has 0 unspecified atom stereocenters. The molecule has 56 valence electrons. The minimum absolute atomic E-state index is 0.858. The molecule has 0 amide bonds. The molecule has 1 aromatic carbocycles. The number of halogens is 1. The van der Waals surface area contributed by atoms with Crippen molar-refractivity contribution < 1.29 is 4.79 Å². The van der Waals surface area contributed by atoms with Crippen molar-refractivity contribution in [3.05, 3.63) is 33.8 Å². The molecular formula is C7H5IN3-. The Morgan fingerprint density at radius 3 is 3.00 bits per heavy atom. The van der Waals surface area contributed by atoms with Crippen LogP contribution in [0.4, 0.5) is 0 Å². The molecule has 1 N–H and O–H groups in total. The van der Waals surface area contributed by atoms with E-state index in [2.05, 4.69) is 27.7 Å². The highest BCUT2D eigenvalue weighted by Crippen LogP contribution is 2.15. The van der Waals surface area contributed by atoms with Gasteiger partial charge < -0.3 is 15.7 Å². The van der Waals surface area contributed by atoms with Crippen LogP contribution in [0.5, 0.6) is 0 Å². The van der Waals surface area contributed by atoms with E-state index in [0.29, 0.717) is 0 Å². The topological polar surface area (TPSA) is 41.8 Å². The van der Waals surface area contributed by atoms with Gasteiger partial charge in [0, 0.05) is 15.0 Å². The van der Waals surface area contributed by atoms with Crippen molar-refractivity contribution >= 4 is 33.5 Å². The Morgan fingerprint density at radius 2 is 2.27 bits per heavy atom. The molecular weight excluding hydrogens is 253 g/mol. The van der Waals surface area contributed by atoms with E-state index in [9.17, 15) is 0 Å². The summed E-state index contributed by atoms with van der Waals surface area (Å²) in [7, 11) is 0. The second-order valence-electron chi connectivity index (χ2n) is 2.23. The number of aromatic nitrogens is 2. The summed E-state index contributed by atoms with van der Waals surface area (Å²) in [6.45, 7) is 0. The van der Waals surface area contributed by atoms with Gasteiger partial charge in [-0.2, -0.15) is 0 Å². The van der Waals surface area contributed by atoms with Gasteiger partial charge in [0.15, 0.2) is 5.52 Å². The van der Waals surface area contributed by atoms with Gasteiger partial charge in [-0.3, -0.25) is 0 Å². The fourth-order valence-electron chi connectivity index (χ4n) is 1.02. The quantitative estimate of drug-likeness (QED) is 0.521. The Balaban J connectivity index is 2.94. The van der Waals surface area contributed by atoms with E-state index in [1.165, 1.54) is 0 Å². The standard InChI is InChI=1S/C7H5IN3/c8-6-2-1-3-7-5(6)4-10-11(7)9/h1-4H,(H-,9,10)/q-1. The van der Waals surface area contributed by atoms with Crippen LogP contribution in [0.25, 0.3) is 16.7 Å². The zero-order chi connectivity index (χ0) is 7.84. The number of hydrogen-bond donors (Lipinski definition) is 0. The number of hydrogen-bond acceptors (Lipinski definition) is 0. The molecule has 0 aliphatic carbocycles. The third-order valence-electron chi connectivity index (χ3n) is 1.56. The fourth-order valence-corrected chi connectivity index (χ4v) is 1.64. The maximum atomic E-state index is 7.34. The molecule has 0 spiro atoms. The first-order chi connectivity index (χ1) is 5.29. The molecule has 0 fully saturated rings. The number of rotatable bonds is 0. The Labute approximate surface area is 77.3 Å². The number of benzene rings is 1. The van der Waals surface area contributed by atoms with Crippen LogP contribution < -0.4 is 9.89 Å². The minimum atomic E-state index is 0.858. The average molecular weight is 258 g/mol. The molecule has 4 heteroatoms. The summed E-state index contributed by atoms with van der Waals surface area (Å²) in [6.07, 6.45) is 1.71. The fraction of sp³-hybridized carbons (Fsp3) is 0. The van der Waals surface area contributed by atoms with Gasteiger partial charge in [-0.1, -0.05) is 6.07 Å². The summed E-state index contributed by atoms with van der Waals surface area (Å²) in [5.74, 6) is 7.34. The first kappa shape index (κ1) is 6.90. The van der Waals surface area contributed by atoms with Crippen molar-refractivity contribution in [1.82, 2.24) is 5.10 Å². The Kier molecular flexibility index (Phi) is 1.49. The second kappa shape index (κ2) is 2.37. The summed E-state index contributed by atoms with van der Waals surface area (Å²) in [6, 6.07) is 5.82. The van der Waals surface area contributed by atoms with E-state index in [1.807, 2.05) is 18.2 Å². The van der Waals surface area contributed by atoms with Crippen molar-refractivity contribution in [2.24, 2.45) is 0 Å². The highest BCUT2D eigenvalue weighted by molar-refractivity contribution is 14.1. The molecule has 11 heavy (non-hydrogen) atoms. The molecule has 0 saturated carbocycles. The number of nitrogens with zero attached hydrogens (tertiary/aromatic N) is 2. The van der Waals surface area contributed by atoms with Gasteiger partial charge in [-0.05, 0) is 28.7 Å². The summed E-state index contributed by atoms with van der Waals surface area (Å²) in [4.78, 5) is 1.14. The molecule has 1 aromatic heterocycles. The van der Waals surface area contributed by atoms with Gasteiger partial charge in [0.05, 0.1) is 0 Å². The van der Waals surface area contributed by atoms with Gasteiger partial charge in [-0.25, -0.2) is 0 Å². The van der Waals surface area contributed by atoms with E-state index >= 15 is 0 Å². The molecule has 0 saturated heterocycles. The van der Waals surface area contributed by atoms with Gasteiger partial charge >= 0.3 is 0 Å². The predicted octanol–water partition coefficient (Wildman–Crippen LogP) is 1.50. The zero-order valence-electron chi connectivity index (χ0n) is 5.58. The van der Waals surface area contributed by atoms with Crippen LogP contribution in [-0.4, -0.2) is 0 Å². The van der Waals surface area contributed by atoms with Crippen molar-refractivity contribution in [2.75, 3.05) is 0 Å². The van der Waals surface area contributed by atoms with E-state index in [4.69, 9.17) is 5.84 Å². The second-order valence-corrected chi connectivity index (χ2v) is 3.39. The Morgan fingerprint density at radius 1 is 1.45 bits per heavy atom. The summed E-state index contributed by atoms with van der Waals surface area (Å²) in [5.41, 5.74) is 0.858. The van der Waals surface area contributed by atoms with Gasteiger partial charge in [-0.15, -0.1) is 6.20 Å². The lowest BCUT2D eigenvalue weighted by molar-refractivity contribution is -0.645. The summed E-state index contributed by atoms with van der Waals surface area (Å²) in [5, 5.41) is 4.88. The van der Waals surface area contributed by atoms with Crippen LogP contribution in [-0.2, 0) is 0 Å². The molecule has 0 radical (unpaired) electrons. The van der Waals surface area contributed by atoms with Gasteiger partial charge in [0.25, 0.3) is 0 Å². The monoisotopic (exact) mass is 258 g/mol. The van der Waals surface area contributed by atoms with Gasteiger partial charge in [0.2, 0.25) is 0 Å². The highest BCUT2D eigenvalue weighted by Gasteiger charge is 1.99. The van der Waals surface area contributed by atoms with Crippen LogP contribution in [0.15, 0.2) is 24.4 Å². The van der Waals surface area contributed by atoms with Crippen LogP contribution in [0.3, 0.4) is 0 Å². The van der Waals surface area contributed by atoms with Crippen molar-refractivity contribution in [3.63, 3.8) is 0 Å². The van der Waals surface area contributed by atoms with Crippen molar-refractivity contribution in [3.8, 4) is 0 Å². The minimum Gasteiger partial charge on any atom is -0.459 e. The maximum absolute atomic E-state index is 7.34. The lowest BCUT2D eigenvalue weighted by Crippen LogP contribution is -2.26. The van der Waals surface area contributed by atoms with Crippen LogP contribution in [0, 0.1) is 3.57 Å². The SMILES string of the molecule is [NH-][n+]1[n-]cc2c(I)cccc21. The number of fused-ring (bicyclic) bond motifs is 1. The van der Waals surface area contributed by atoms with Crippen LogP contribution >= 0.6 is 22.6 Å². The lowest BCUT2D eigenvalue weighted by Gasteiger charge is -1.98. The molecule has 2 aromatic rings. The van der Waals surface area contributed by atoms with Crippen LogP contribution in [0.2, 0.25) is 0 Å². The first-order valence-electron chi connectivity index (χ1n) is 3.13. The smallest absolute Gasteiger partial charge is 0.197 e. The maximum Gasteiger partial charge on any atom is 0.197 e. The summed E-state index contributed by atoms with van der Waals surface area (Å²) >= 11 is 2.23. The van der Waals surface area contributed by atoms with E-state index in [-0.39, 0.29) is 0 Å². The van der Waals surface area contributed by atoms with E-state index in [1.54, 1.807) is 6.20 Å². The largest absolute Gasteiger partial charge is 0.459 e. The molecule has 0 atom stereocenters. The molecule has 2 rings (SSSR count). The Hall–Kier alpha value is -0.780. The van der Waals surface area contributed by atoms with Crippen molar-refractivity contribution in [2.45, 2.75) is 0 Å². The molecule has 1 heterocycles.